The monoisotopic (exact) mass is 423 g/mol. The van der Waals surface area contributed by atoms with Crippen molar-refractivity contribution in [2.75, 3.05) is 19.6 Å². The highest BCUT2D eigenvalue weighted by Gasteiger charge is 2.23. The third-order valence-corrected chi connectivity index (χ3v) is 6.89. The molecule has 0 saturated carbocycles. The number of carbonyl (C=O) groups excluding carboxylic acids is 1. The molecule has 2 aromatic carbocycles. The summed E-state index contributed by atoms with van der Waals surface area (Å²) in [6.07, 6.45) is 2.47. The molecule has 0 bridgehead atoms. The lowest BCUT2D eigenvalue weighted by atomic mass is 10.1. The van der Waals surface area contributed by atoms with Crippen molar-refractivity contribution in [3.8, 4) is 0 Å². The molecule has 0 aliphatic carbocycles. The number of carbonyl (C=O) groups is 1. The van der Waals surface area contributed by atoms with E-state index in [1.165, 1.54) is 18.4 Å². The zero-order valence-corrected chi connectivity index (χ0v) is 17.9. The van der Waals surface area contributed by atoms with Gasteiger partial charge in [0.1, 0.15) is 0 Å². The average Bonchev–Trinajstić information content (AvgIpc) is 3.48. The summed E-state index contributed by atoms with van der Waals surface area (Å²) in [6, 6.07) is 18.6. The number of nitrogens with zero attached hydrogens (tertiary/aromatic N) is 2. The normalized spacial score (nSPS) is 15.3. The minimum atomic E-state index is -0.0128. The van der Waals surface area contributed by atoms with Gasteiger partial charge in [-0.25, -0.2) is 4.98 Å². The van der Waals surface area contributed by atoms with Gasteiger partial charge in [0.05, 0.1) is 17.2 Å². The first kappa shape index (κ1) is 20.1. The standard InChI is InChI=1S/C23H25N3OS2/c27-23(19-8-10-21(11-9-19)29-16-20-15-28-17-25-20)24-14-22(26-12-4-5-13-26)18-6-2-1-3-7-18/h1-3,6-11,15,17,22H,4-5,12-14,16H2,(H,24,27). The minimum absolute atomic E-state index is 0.0128. The Morgan fingerprint density at radius 2 is 1.86 bits per heavy atom. The maximum absolute atomic E-state index is 12.7. The number of benzene rings is 2. The Labute approximate surface area is 180 Å². The number of nitrogens with one attached hydrogen (secondary N) is 1. The van der Waals surface area contributed by atoms with Gasteiger partial charge in [-0.2, -0.15) is 0 Å². The van der Waals surface area contributed by atoms with Crippen LogP contribution in [0.25, 0.3) is 0 Å². The first-order valence-corrected chi connectivity index (χ1v) is 11.9. The number of amides is 1. The van der Waals surface area contributed by atoms with Gasteiger partial charge in [-0.1, -0.05) is 30.3 Å². The van der Waals surface area contributed by atoms with Gasteiger partial charge in [-0.15, -0.1) is 23.1 Å². The summed E-state index contributed by atoms with van der Waals surface area (Å²) in [4.78, 5) is 20.6. The van der Waals surface area contributed by atoms with Crippen LogP contribution in [0.1, 0.15) is 40.5 Å². The van der Waals surface area contributed by atoms with Gasteiger partial charge in [0.2, 0.25) is 0 Å². The first-order chi connectivity index (χ1) is 14.3. The first-order valence-electron chi connectivity index (χ1n) is 9.97. The van der Waals surface area contributed by atoms with Crippen LogP contribution in [0.15, 0.2) is 70.4 Å². The van der Waals surface area contributed by atoms with E-state index in [9.17, 15) is 4.79 Å². The molecule has 4 rings (SSSR count). The molecule has 1 N–H and O–H groups in total. The molecule has 1 fully saturated rings. The molecule has 1 atom stereocenters. The summed E-state index contributed by atoms with van der Waals surface area (Å²) in [6.45, 7) is 2.82. The van der Waals surface area contributed by atoms with Crippen molar-refractivity contribution in [1.82, 2.24) is 15.2 Å². The van der Waals surface area contributed by atoms with Gasteiger partial charge in [0, 0.05) is 28.1 Å². The van der Waals surface area contributed by atoms with Crippen molar-refractivity contribution in [2.45, 2.75) is 29.5 Å². The average molecular weight is 424 g/mol. The molecule has 1 aromatic heterocycles. The van der Waals surface area contributed by atoms with Crippen molar-refractivity contribution in [3.05, 3.63) is 82.3 Å². The number of thioether (sulfide) groups is 1. The number of thiazole rings is 1. The SMILES string of the molecule is O=C(NCC(c1ccccc1)N1CCCC1)c1ccc(SCc2cscn2)cc1. The summed E-state index contributed by atoms with van der Waals surface area (Å²) in [5.41, 5.74) is 4.92. The summed E-state index contributed by atoms with van der Waals surface area (Å²) < 4.78 is 0. The Hall–Kier alpha value is -2.15. The number of hydrogen-bond acceptors (Lipinski definition) is 5. The summed E-state index contributed by atoms with van der Waals surface area (Å²) in [5.74, 6) is 0.838. The smallest absolute Gasteiger partial charge is 0.251 e. The molecule has 4 nitrogen and oxygen atoms in total. The van der Waals surface area contributed by atoms with Crippen molar-refractivity contribution in [1.29, 1.82) is 0 Å². The molecule has 1 unspecified atom stereocenters. The quantitative estimate of drug-likeness (QED) is 0.518. The van der Waals surface area contributed by atoms with E-state index >= 15 is 0 Å². The second kappa shape index (κ2) is 10.1. The van der Waals surface area contributed by atoms with E-state index in [1.54, 1.807) is 23.1 Å². The van der Waals surface area contributed by atoms with Crippen molar-refractivity contribution in [2.24, 2.45) is 0 Å². The minimum Gasteiger partial charge on any atom is -0.350 e. The van der Waals surface area contributed by atoms with Crippen LogP contribution >= 0.6 is 23.1 Å². The number of rotatable bonds is 8. The van der Waals surface area contributed by atoms with Crippen LogP contribution < -0.4 is 5.32 Å². The third kappa shape index (κ3) is 5.47. The van der Waals surface area contributed by atoms with E-state index in [4.69, 9.17) is 0 Å². The van der Waals surface area contributed by atoms with Crippen molar-refractivity contribution >= 4 is 29.0 Å². The molecule has 1 aliphatic heterocycles. The van der Waals surface area contributed by atoms with Crippen LogP contribution in [0.2, 0.25) is 0 Å². The van der Waals surface area contributed by atoms with E-state index in [1.807, 2.05) is 35.8 Å². The van der Waals surface area contributed by atoms with Crippen molar-refractivity contribution in [3.63, 3.8) is 0 Å². The molecule has 3 aromatic rings. The topological polar surface area (TPSA) is 45.2 Å². The van der Waals surface area contributed by atoms with Crippen LogP contribution in [-0.2, 0) is 5.75 Å². The third-order valence-electron chi connectivity index (χ3n) is 5.21. The van der Waals surface area contributed by atoms with E-state index < -0.39 is 0 Å². The summed E-state index contributed by atoms with van der Waals surface area (Å²) >= 11 is 3.35. The number of hydrogen-bond donors (Lipinski definition) is 1. The molecule has 29 heavy (non-hydrogen) atoms. The van der Waals surface area contributed by atoms with Gasteiger partial charge in [-0.05, 0) is 55.8 Å². The molecule has 150 valence electrons. The highest BCUT2D eigenvalue weighted by molar-refractivity contribution is 7.98. The van der Waals surface area contributed by atoms with Gasteiger partial charge in [0.25, 0.3) is 5.91 Å². The fourth-order valence-corrected chi connectivity index (χ4v) is 5.11. The van der Waals surface area contributed by atoms with E-state index in [0.717, 1.165) is 29.4 Å². The number of likely N-dealkylation sites (tertiary alicyclic amines) is 1. The summed E-state index contributed by atoms with van der Waals surface area (Å²) in [5, 5.41) is 5.22. The largest absolute Gasteiger partial charge is 0.350 e. The molecular weight excluding hydrogens is 398 g/mol. The lowest BCUT2D eigenvalue weighted by Gasteiger charge is -2.28. The maximum atomic E-state index is 12.7. The predicted octanol–water partition coefficient (Wildman–Crippen LogP) is 5.00. The highest BCUT2D eigenvalue weighted by atomic mass is 32.2. The van der Waals surface area contributed by atoms with Crippen molar-refractivity contribution < 1.29 is 4.79 Å². The second-order valence-corrected chi connectivity index (χ2v) is 8.94. The van der Waals surface area contributed by atoms with Gasteiger partial charge in [-0.3, -0.25) is 9.69 Å². The molecule has 6 heteroatoms. The summed E-state index contributed by atoms with van der Waals surface area (Å²) in [7, 11) is 0. The fraction of sp³-hybridized carbons (Fsp3) is 0.304. The van der Waals surface area contributed by atoms with Crippen LogP contribution in [-0.4, -0.2) is 35.4 Å². The molecule has 1 aliphatic rings. The van der Waals surface area contributed by atoms with E-state index in [0.29, 0.717) is 12.1 Å². The Kier molecular flexibility index (Phi) is 6.98. The van der Waals surface area contributed by atoms with Gasteiger partial charge >= 0.3 is 0 Å². The molecular formula is C23H25N3OS2. The Bertz CT molecular complexity index is 892. The molecule has 1 saturated heterocycles. The second-order valence-electron chi connectivity index (χ2n) is 7.17. The van der Waals surface area contributed by atoms with Crippen LogP contribution in [0.3, 0.4) is 0 Å². The predicted molar refractivity (Wildman–Crippen MR) is 120 cm³/mol. The molecule has 0 spiro atoms. The molecule has 2 heterocycles. The maximum Gasteiger partial charge on any atom is 0.251 e. The van der Waals surface area contributed by atoms with Crippen LogP contribution in [0, 0.1) is 0 Å². The zero-order valence-electron chi connectivity index (χ0n) is 16.3. The van der Waals surface area contributed by atoms with Gasteiger partial charge < -0.3 is 5.32 Å². The highest BCUT2D eigenvalue weighted by Crippen LogP contribution is 2.25. The molecule has 1 amide bonds. The Morgan fingerprint density at radius 1 is 1.10 bits per heavy atom. The Morgan fingerprint density at radius 3 is 2.55 bits per heavy atom. The van der Waals surface area contributed by atoms with Crippen LogP contribution in [0.5, 0.6) is 0 Å². The fourth-order valence-electron chi connectivity index (χ4n) is 3.65. The number of aromatic nitrogens is 1. The molecule has 0 radical (unpaired) electrons. The van der Waals surface area contributed by atoms with E-state index in [-0.39, 0.29) is 11.9 Å². The van der Waals surface area contributed by atoms with Gasteiger partial charge in [0.15, 0.2) is 0 Å². The Balaban J connectivity index is 1.35. The lowest BCUT2D eigenvalue weighted by molar-refractivity contribution is 0.0938. The zero-order chi connectivity index (χ0) is 19.9. The lowest BCUT2D eigenvalue weighted by Crippen LogP contribution is -2.36. The van der Waals surface area contributed by atoms with Crippen LogP contribution in [0.4, 0.5) is 0 Å². The van der Waals surface area contributed by atoms with E-state index in [2.05, 4.69) is 44.8 Å².